The first kappa shape index (κ1) is 17.0. The van der Waals surface area contributed by atoms with Crippen LogP contribution in [0.5, 0.6) is 0 Å². The largest absolute Gasteiger partial charge is 0.393 e. The van der Waals surface area contributed by atoms with E-state index in [2.05, 4.69) is 13.8 Å². The summed E-state index contributed by atoms with van der Waals surface area (Å²) in [5.74, 6) is 2.82. The van der Waals surface area contributed by atoms with Crippen molar-refractivity contribution in [2.24, 2.45) is 40.4 Å². The minimum atomic E-state index is -0.275. The molecule has 24 heavy (non-hydrogen) atoms. The van der Waals surface area contributed by atoms with Gasteiger partial charge in [-0.3, -0.25) is 4.79 Å². The van der Waals surface area contributed by atoms with Crippen LogP contribution >= 0.6 is 0 Å². The molecule has 3 unspecified atom stereocenters. The van der Waals surface area contributed by atoms with E-state index in [0.717, 1.165) is 32.1 Å². The fourth-order valence-corrected chi connectivity index (χ4v) is 8.00. The maximum absolute atomic E-state index is 12.0. The topological polar surface area (TPSA) is 57.5 Å². The summed E-state index contributed by atoms with van der Waals surface area (Å²) in [6.45, 7) is 6.63. The summed E-state index contributed by atoms with van der Waals surface area (Å²) in [6.07, 6.45) is 7.35. The first-order chi connectivity index (χ1) is 11.3. The van der Waals surface area contributed by atoms with Gasteiger partial charge in [-0.2, -0.15) is 0 Å². The van der Waals surface area contributed by atoms with E-state index in [4.69, 9.17) is 0 Å². The van der Waals surface area contributed by atoms with Gasteiger partial charge in [0.1, 0.15) is 5.78 Å². The Hall–Kier alpha value is -0.410. The van der Waals surface area contributed by atoms with Crippen LogP contribution in [0.15, 0.2) is 0 Å². The Kier molecular flexibility index (Phi) is 3.93. The zero-order valence-electron chi connectivity index (χ0n) is 15.5. The summed E-state index contributed by atoms with van der Waals surface area (Å²) in [4.78, 5) is 12.0. The molecule has 3 heteroatoms. The van der Waals surface area contributed by atoms with Crippen molar-refractivity contribution < 1.29 is 15.0 Å². The third-order valence-electron chi connectivity index (χ3n) is 9.07. The van der Waals surface area contributed by atoms with E-state index in [9.17, 15) is 15.0 Å². The van der Waals surface area contributed by atoms with E-state index in [1.165, 1.54) is 12.8 Å². The van der Waals surface area contributed by atoms with Gasteiger partial charge in [0.2, 0.25) is 0 Å². The third-order valence-corrected chi connectivity index (χ3v) is 9.07. The van der Waals surface area contributed by atoms with Gasteiger partial charge in [0.25, 0.3) is 0 Å². The standard InChI is InChI=1S/C21H34O3/c1-12(22)16-6-7-17-15-5-4-13-10-14(23)8-9-20(13,2)19(15)18(24)11-21(16,17)3/h12-13,15-19,22,24H,4-11H2,1-3H3/t12?,13?,15-,16+,17-,18?,19+,20-,21+/m0/s1. The van der Waals surface area contributed by atoms with Crippen molar-refractivity contribution in [1.29, 1.82) is 0 Å². The van der Waals surface area contributed by atoms with Crippen LogP contribution < -0.4 is 0 Å². The molecule has 0 saturated heterocycles. The Morgan fingerprint density at radius 1 is 1.12 bits per heavy atom. The zero-order valence-corrected chi connectivity index (χ0v) is 15.5. The Bertz CT molecular complexity index is 529. The smallest absolute Gasteiger partial charge is 0.133 e. The highest BCUT2D eigenvalue weighted by Gasteiger charge is 2.63. The lowest BCUT2D eigenvalue weighted by Crippen LogP contribution is -2.59. The van der Waals surface area contributed by atoms with Gasteiger partial charge in [0, 0.05) is 12.8 Å². The molecule has 0 aliphatic heterocycles. The fraction of sp³-hybridized carbons (Fsp3) is 0.952. The molecule has 4 fully saturated rings. The molecule has 4 aliphatic rings. The lowest BCUT2D eigenvalue weighted by molar-refractivity contribution is -0.176. The monoisotopic (exact) mass is 334 g/mol. The molecule has 0 amide bonds. The molecule has 0 heterocycles. The second-order valence-electron chi connectivity index (χ2n) is 10.0. The van der Waals surface area contributed by atoms with Crippen LogP contribution in [0.4, 0.5) is 0 Å². The number of rotatable bonds is 1. The van der Waals surface area contributed by atoms with E-state index in [-0.39, 0.29) is 23.0 Å². The van der Waals surface area contributed by atoms with Crippen LogP contribution in [0.1, 0.15) is 72.1 Å². The highest BCUT2D eigenvalue weighted by molar-refractivity contribution is 5.79. The molecule has 0 aromatic rings. The van der Waals surface area contributed by atoms with E-state index >= 15 is 0 Å². The van der Waals surface area contributed by atoms with Crippen LogP contribution in [0.3, 0.4) is 0 Å². The molecule has 4 rings (SSSR count). The lowest BCUT2D eigenvalue weighted by atomic mass is 9.44. The molecule has 0 bridgehead atoms. The van der Waals surface area contributed by atoms with Gasteiger partial charge >= 0.3 is 0 Å². The van der Waals surface area contributed by atoms with E-state index in [1.54, 1.807) is 0 Å². The number of carbonyl (C=O) groups excluding carboxylic acids is 1. The molecule has 0 aromatic carbocycles. The lowest BCUT2D eigenvalue weighted by Gasteiger charge is -2.62. The molecule has 4 aliphatic carbocycles. The molecule has 2 N–H and O–H groups in total. The molecular weight excluding hydrogens is 300 g/mol. The van der Waals surface area contributed by atoms with Crippen LogP contribution in [0.25, 0.3) is 0 Å². The van der Waals surface area contributed by atoms with Crippen LogP contribution in [0.2, 0.25) is 0 Å². The Morgan fingerprint density at radius 3 is 2.58 bits per heavy atom. The quantitative estimate of drug-likeness (QED) is 0.771. The summed E-state index contributed by atoms with van der Waals surface area (Å²) in [5.41, 5.74) is 0.225. The number of hydrogen-bond acceptors (Lipinski definition) is 3. The van der Waals surface area contributed by atoms with Gasteiger partial charge in [-0.05, 0) is 85.9 Å². The predicted octanol–water partition coefficient (Wildman–Crippen LogP) is 3.57. The maximum atomic E-state index is 12.0. The highest BCUT2D eigenvalue weighted by Crippen LogP contribution is 2.67. The predicted molar refractivity (Wildman–Crippen MR) is 93.3 cm³/mol. The van der Waals surface area contributed by atoms with E-state index in [1.807, 2.05) is 6.92 Å². The summed E-state index contributed by atoms with van der Waals surface area (Å²) in [5, 5.41) is 21.5. The number of Topliss-reactive ketones (excluding diaryl/α,β-unsaturated/α-hetero) is 1. The highest BCUT2D eigenvalue weighted by atomic mass is 16.3. The average molecular weight is 335 g/mol. The first-order valence-corrected chi connectivity index (χ1v) is 10.1. The average Bonchev–Trinajstić information content (AvgIpc) is 2.84. The van der Waals surface area contributed by atoms with Crippen molar-refractivity contribution >= 4 is 5.78 Å². The Balaban J connectivity index is 1.67. The minimum absolute atomic E-state index is 0.0857. The molecule has 4 saturated carbocycles. The van der Waals surface area contributed by atoms with Gasteiger partial charge in [-0.25, -0.2) is 0 Å². The maximum Gasteiger partial charge on any atom is 0.133 e. The number of carbonyl (C=O) groups is 1. The summed E-state index contributed by atoms with van der Waals surface area (Å²) >= 11 is 0. The second-order valence-corrected chi connectivity index (χ2v) is 10.0. The van der Waals surface area contributed by atoms with Crippen molar-refractivity contribution in [2.75, 3.05) is 0 Å². The third kappa shape index (κ3) is 2.19. The van der Waals surface area contributed by atoms with Gasteiger partial charge < -0.3 is 10.2 Å². The molecule has 9 atom stereocenters. The van der Waals surface area contributed by atoms with E-state index < -0.39 is 0 Å². The summed E-state index contributed by atoms with van der Waals surface area (Å²) in [6, 6.07) is 0. The molecule has 0 spiro atoms. The molecule has 3 nitrogen and oxygen atoms in total. The number of ketones is 1. The molecular formula is C21H34O3. The summed E-state index contributed by atoms with van der Waals surface area (Å²) in [7, 11) is 0. The van der Waals surface area contributed by atoms with Crippen LogP contribution in [-0.4, -0.2) is 28.2 Å². The number of hydrogen-bond donors (Lipinski definition) is 2. The van der Waals surface area contributed by atoms with Gasteiger partial charge in [-0.1, -0.05) is 13.8 Å². The molecule has 0 radical (unpaired) electrons. The molecule has 0 aromatic heterocycles. The normalized spacial score (nSPS) is 55.5. The van der Waals surface area contributed by atoms with Crippen molar-refractivity contribution in [3.05, 3.63) is 0 Å². The first-order valence-electron chi connectivity index (χ1n) is 10.1. The van der Waals surface area contributed by atoms with Gasteiger partial charge in [0.05, 0.1) is 12.2 Å². The van der Waals surface area contributed by atoms with Crippen molar-refractivity contribution in [3.8, 4) is 0 Å². The van der Waals surface area contributed by atoms with Crippen LogP contribution in [-0.2, 0) is 4.79 Å². The van der Waals surface area contributed by atoms with Gasteiger partial charge in [0.15, 0.2) is 0 Å². The van der Waals surface area contributed by atoms with E-state index in [0.29, 0.717) is 41.8 Å². The minimum Gasteiger partial charge on any atom is -0.393 e. The Labute approximate surface area is 146 Å². The second kappa shape index (κ2) is 5.54. The van der Waals surface area contributed by atoms with Crippen molar-refractivity contribution in [2.45, 2.75) is 84.3 Å². The SMILES string of the molecule is CC(O)[C@H]1CC[C@H]2[C@@H]3CCC4CC(=O)CC[C@]4(C)[C@H]3C(O)C[C@]12C. The number of fused-ring (bicyclic) bond motifs is 5. The van der Waals surface area contributed by atoms with Crippen molar-refractivity contribution in [1.82, 2.24) is 0 Å². The summed E-state index contributed by atoms with van der Waals surface area (Å²) < 4.78 is 0. The molecule has 136 valence electrons. The number of aliphatic hydroxyl groups excluding tert-OH is 2. The Morgan fingerprint density at radius 2 is 1.88 bits per heavy atom. The van der Waals surface area contributed by atoms with Crippen molar-refractivity contribution in [3.63, 3.8) is 0 Å². The zero-order chi connectivity index (χ0) is 17.3. The fourth-order valence-electron chi connectivity index (χ4n) is 8.00. The van der Waals surface area contributed by atoms with Gasteiger partial charge in [-0.15, -0.1) is 0 Å². The van der Waals surface area contributed by atoms with Crippen LogP contribution in [0, 0.1) is 40.4 Å². The number of aliphatic hydroxyl groups is 2.